The van der Waals surface area contributed by atoms with Crippen LogP contribution in [-0.2, 0) is 0 Å². The molecular formula is C11H26N2. The molecule has 0 fully saturated rings. The van der Waals surface area contributed by atoms with Crippen molar-refractivity contribution in [3.05, 3.63) is 0 Å². The fourth-order valence-electron chi connectivity index (χ4n) is 1.61. The average Bonchev–Trinajstić information content (AvgIpc) is 1.81. The van der Waals surface area contributed by atoms with Crippen LogP contribution in [0.2, 0.25) is 0 Å². The molecule has 0 aliphatic rings. The van der Waals surface area contributed by atoms with Gasteiger partial charge in [-0.1, -0.05) is 27.7 Å². The minimum atomic E-state index is 0.373. The van der Waals surface area contributed by atoms with Gasteiger partial charge in [0.25, 0.3) is 0 Å². The van der Waals surface area contributed by atoms with Crippen LogP contribution < -0.4 is 5.32 Å². The van der Waals surface area contributed by atoms with Gasteiger partial charge >= 0.3 is 0 Å². The van der Waals surface area contributed by atoms with Crippen LogP contribution in [-0.4, -0.2) is 38.6 Å². The molecule has 0 aromatic rings. The van der Waals surface area contributed by atoms with E-state index in [0.29, 0.717) is 5.41 Å². The van der Waals surface area contributed by atoms with E-state index in [1.807, 2.05) is 0 Å². The van der Waals surface area contributed by atoms with Gasteiger partial charge < -0.3 is 10.2 Å². The molecule has 1 N–H and O–H groups in total. The quantitative estimate of drug-likeness (QED) is 0.681. The molecule has 0 saturated carbocycles. The van der Waals surface area contributed by atoms with E-state index in [1.165, 1.54) is 0 Å². The van der Waals surface area contributed by atoms with Gasteiger partial charge in [0.2, 0.25) is 0 Å². The Balaban J connectivity index is 3.62. The Morgan fingerprint density at radius 1 is 1.23 bits per heavy atom. The number of nitrogens with one attached hydrogen (secondary N) is 1. The minimum Gasteiger partial charge on any atom is -0.316 e. The number of hydrogen-bond acceptors (Lipinski definition) is 2. The van der Waals surface area contributed by atoms with Crippen LogP contribution in [0.25, 0.3) is 0 Å². The lowest BCUT2D eigenvalue weighted by Gasteiger charge is -2.28. The predicted molar refractivity (Wildman–Crippen MR) is 60.0 cm³/mol. The van der Waals surface area contributed by atoms with Crippen LogP contribution in [0.4, 0.5) is 0 Å². The monoisotopic (exact) mass is 186 g/mol. The molecular weight excluding hydrogens is 160 g/mol. The molecule has 80 valence electrons. The first kappa shape index (κ1) is 12.9. The van der Waals surface area contributed by atoms with Gasteiger partial charge in [0.15, 0.2) is 0 Å². The molecule has 0 aliphatic carbocycles. The van der Waals surface area contributed by atoms with Gasteiger partial charge in [-0.3, -0.25) is 0 Å². The highest BCUT2D eigenvalue weighted by Gasteiger charge is 2.17. The lowest BCUT2D eigenvalue weighted by Crippen LogP contribution is -2.38. The summed E-state index contributed by atoms with van der Waals surface area (Å²) < 4.78 is 0. The van der Waals surface area contributed by atoms with Crippen LogP contribution in [0.15, 0.2) is 0 Å². The highest BCUT2D eigenvalue weighted by Crippen LogP contribution is 2.13. The molecule has 0 bridgehead atoms. The van der Waals surface area contributed by atoms with Crippen molar-refractivity contribution in [3.8, 4) is 0 Å². The summed E-state index contributed by atoms with van der Waals surface area (Å²) in [6, 6.07) is 0. The molecule has 0 rings (SSSR count). The molecule has 2 heteroatoms. The first-order valence-corrected chi connectivity index (χ1v) is 5.19. The Morgan fingerprint density at radius 3 is 2.15 bits per heavy atom. The summed E-state index contributed by atoms with van der Waals surface area (Å²) in [4.78, 5) is 2.25. The van der Waals surface area contributed by atoms with Crippen molar-refractivity contribution in [2.45, 2.75) is 27.7 Å². The first-order chi connectivity index (χ1) is 5.83. The zero-order valence-electron chi connectivity index (χ0n) is 10.1. The summed E-state index contributed by atoms with van der Waals surface area (Å²) in [7, 11) is 4.26. The molecule has 0 saturated heterocycles. The van der Waals surface area contributed by atoms with E-state index in [1.54, 1.807) is 0 Å². The van der Waals surface area contributed by atoms with Crippen LogP contribution >= 0.6 is 0 Å². The molecule has 0 spiro atoms. The maximum Gasteiger partial charge on any atom is 0.00387 e. The second-order valence-electron chi connectivity index (χ2n) is 5.43. The Hall–Kier alpha value is -0.0800. The van der Waals surface area contributed by atoms with Gasteiger partial charge in [0.1, 0.15) is 0 Å². The van der Waals surface area contributed by atoms with Gasteiger partial charge in [-0.2, -0.15) is 0 Å². The van der Waals surface area contributed by atoms with Crippen molar-refractivity contribution >= 4 is 0 Å². The predicted octanol–water partition coefficient (Wildman–Crippen LogP) is 1.82. The fourth-order valence-corrected chi connectivity index (χ4v) is 1.61. The van der Waals surface area contributed by atoms with E-state index in [2.05, 4.69) is 52.0 Å². The smallest absolute Gasteiger partial charge is 0.00387 e. The largest absolute Gasteiger partial charge is 0.316 e. The van der Waals surface area contributed by atoms with Crippen molar-refractivity contribution in [1.82, 2.24) is 10.2 Å². The molecule has 0 unspecified atom stereocenters. The van der Waals surface area contributed by atoms with E-state index in [4.69, 9.17) is 0 Å². The third kappa shape index (κ3) is 8.26. The Kier molecular flexibility index (Phi) is 5.57. The van der Waals surface area contributed by atoms with E-state index in [9.17, 15) is 0 Å². The number of nitrogens with zero attached hydrogens (tertiary/aromatic N) is 1. The van der Waals surface area contributed by atoms with Gasteiger partial charge in [0.05, 0.1) is 0 Å². The number of rotatable bonds is 6. The van der Waals surface area contributed by atoms with E-state index in [-0.39, 0.29) is 0 Å². The second-order valence-corrected chi connectivity index (χ2v) is 5.43. The van der Waals surface area contributed by atoms with Gasteiger partial charge in [-0.25, -0.2) is 0 Å². The highest BCUT2D eigenvalue weighted by atomic mass is 15.1. The molecule has 0 aromatic heterocycles. The van der Waals surface area contributed by atoms with E-state index < -0.39 is 0 Å². The van der Waals surface area contributed by atoms with E-state index in [0.717, 1.165) is 25.6 Å². The minimum absolute atomic E-state index is 0.373. The molecule has 0 aromatic carbocycles. The van der Waals surface area contributed by atoms with Crippen LogP contribution in [0.5, 0.6) is 0 Å². The standard InChI is InChI=1S/C11H26N2/c1-10(2)7-12-8-11(3,4)9-13(5)6/h10,12H,7-9H2,1-6H3. The highest BCUT2D eigenvalue weighted by molar-refractivity contribution is 4.74. The third-order valence-corrected chi connectivity index (χ3v) is 1.90. The SMILES string of the molecule is CC(C)CNCC(C)(C)CN(C)C. The summed E-state index contributed by atoms with van der Waals surface area (Å²) in [6.07, 6.45) is 0. The fraction of sp³-hybridized carbons (Fsp3) is 1.00. The van der Waals surface area contributed by atoms with E-state index >= 15 is 0 Å². The molecule has 0 radical (unpaired) electrons. The molecule has 0 aliphatic heterocycles. The van der Waals surface area contributed by atoms with Crippen LogP contribution in [0, 0.1) is 11.3 Å². The summed E-state index contributed by atoms with van der Waals surface area (Å²) in [5.41, 5.74) is 0.373. The van der Waals surface area contributed by atoms with Crippen LogP contribution in [0.3, 0.4) is 0 Å². The molecule has 0 amide bonds. The topological polar surface area (TPSA) is 15.3 Å². The molecule has 2 nitrogen and oxygen atoms in total. The van der Waals surface area contributed by atoms with Crippen molar-refractivity contribution in [2.75, 3.05) is 33.7 Å². The Morgan fingerprint density at radius 2 is 1.77 bits per heavy atom. The summed E-state index contributed by atoms with van der Waals surface area (Å²) in [6.45, 7) is 12.5. The maximum atomic E-state index is 3.50. The zero-order chi connectivity index (χ0) is 10.5. The third-order valence-electron chi connectivity index (χ3n) is 1.90. The van der Waals surface area contributed by atoms with Crippen molar-refractivity contribution in [3.63, 3.8) is 0 Å². The number of hydrogen-bond donors (Lipinski definition) is 1. The summed E-state index contributed by atoms with van der Waals surface area (Å²) >= 11 is 0. The normalized spacial score (nSPS) is 12.9. The summed E-state index contributed by atoms with van der Waals surface area (Å²) in [5.74, 6) is 0.746. The molecule has 13 heavy (non-hydrogen) atoms. The maximum absolute atomic E-state index is 3.50. The van der Waals surface area contributed by atoms with Gasteiger partial charge in [-0.15, -0.1) is 0 Å². The van der Waals surface area contributed by atoms with Gasteiger partial charge in [-0.05, 0) is 32.0 Å². The van der Waals surface area contributed by atoms with Crippen molar-refractivity contribution < 1.29 is 0 Å². The Bertz CT molecular complexity index is 128. The molecule has 0 atom stereocenters. The zero-order valence-corrected chi connectivity index (χ0v) is 10.1. The molecule has 0 heterocycles. The van der Waals surface area contributed by atoms with Crippen molar-refractivity contribution in [2.24, 2.45) is 11.3 Å². The lowest BCUT2D eigenvalue weighted by atomic mass is 9.93. The average molecular weight is 186 g/mol. The lowest BCUT2D eigenvalue weighted by molar-refractivity contribution is 0.230. The first-order valence-electron chi connectivity index (χ1n) is 5.19. The van der Waals surface area contributed by atoms with Gasteiger partial charge in [0, 0.05) is 13.1 Å². The second kappa shape index (κ2) is 5.61. The van der Waals surface area contributed by atoms with Crippen LogP contribution in [0.1, 0.15) is 27.7 Å². The summed E-state index contributed by atoms with van der Waals surface area (Å²) in [5, 5.41) is 3.50. The Labute approximate surface area is 83.7 Å². The van der Waals surface area contributed by atoms with Crippen molar-refractivity contribution in [1.29, 1.82) is 0 Å².